The van der Waals surface area contributed by atoms with Gasteiger partial charge in [-0.2, -0.15) is 0 Å². The average molecular weight is 265 g/mol. The zero-order valence-corrected chi connectivity index (χ0v) is 11.2. The van der Waals surface area contributed by atoms with Crippen molar-refractivity contribution in [3.05, 3.63) is 17.8 Å². The Kier molecular flexibility index (Phi) is 4.21. The third-order valence-corrected chi connectivity index (χ3v) is 3.24. The van der Waals surface area contributed by atoms with Crippen molar-refractivity contribution in [2.24, 2.45) is 0 Å². The molecule has 6 nitrogen and oxygen atoms in total. The molecule has 1 fully saturated rings. The Morgan fingerprint density at radius 1 is 1.68 bits per heavy atom. The number of nitrogens with zero attached hydrogens (tertiary/aromatic N) is 1. The van der Waals surface area contributed by atoms with E-state index in [1.807, 2.05) is 6.92 Å². The molecule has 3 N–H and O–H groups in total. The van der Waals surface area contributed by atoms with Gasteiger partial charge in [0.2, 0.25) is 0 Å². The van der Waals surface area contributed by atoms with E-state index in [0.717, 1.165) is 19.4 Å². The minimum atomic E-state index is -0.465. The molecule has 1 aromatic heterocycles. The third kappa shape index (κ3) is 3.14. The Balaban J connectivity index is 2.10. The molecule has 104 valence electrons. The molecule has 0 aliphatic carbocycles. The van der Waals surface area contributed by atoms with Crippen molar-refractivity contribution in [2.45, 2.75) is 31.9 Å². The molecule has 0 saturated carbocycles. The van der Waals surface area contributed by atoms with Gasteiger partial charge >= 0.3 is 5.97 Å². The number of hydrogen-bond acceptors (Lipinski definition) is 6. The van der Waals surface area contributed by atoms with Gasteiger partial charge in [0.25, 0.3) is 0 Å². The van der Waals surface area contributed by atoms with Gasteiger partial charge in [0.15, 0.2) is 0 Å². The predicted octanol–water partition coefficient (Wildman–Crippen LogP) is 1.43. The minimum Gasteiger partial charge on any atom is -0.465 e. The number of hydrogen-bond donors (Lipinski definition) is 2. The number of pyridine rings is 1. The molecule has 2 atom stereocenters. The summed E-state index contributed by atoms with van der Waals surface area (Å²) in [5.41, 5.74) is 6.33. The summed E-state index contributed by atoms with van der Waals surface area (Å²) >= 11 is 0. The quantitative estimate of drug-likeness (QED) is 0.801. The summed E-state index contributed by atoms with van der Waals surface area (Å²) in [5.74, 6) is 0.130. The Morgan fingerprint density at radius 3 is 3.11 bits per heavy atom. The molecule has 1 aliphatic rings. The summed E-state index contributed by atoms with van der Waals surface area (Å²) in [6.07, 6.45) is 3.75. The average Bonchev–Trinajstić information content (AvgIpc) is 2.94. The standard InChI is InChI=1S/C13H19N3O3/c1-8(11-4-3-5-19-11)16-12-6-9(13(17)18-2)10(14)7-15-12/h6-8,11H,3-5,14H2,1-2H3,(H,15,16). The number of anilines is 2. The first-order valence-electron chi connectivity index (χ1n) is 6.33. The van der Waals surface area contributed by atoms with Crippen LogP contribution in [0.15, 0.2) is 12.3 Å². The minimum absolute atomic E-state index is 0.129. The van der Waals surface area contributed by atoms with Crippen LogP contribution in [0.3, 0.4) is 0 Å². The molecule has 0 bridgehead atoms. The molecule has 2 rings (SSSR count). The maximum absolute atomic E-state index is 11.5. The maximum atomic E-state index is 11.5. The van der Waals surface area contributed by atoms with E-state index in [0.29, 0.717) is 17.1 Å². The van der Waals surface area contributed by atoms with E-state index >= 15 is 0 Å². The van der Waals surface area contributed by atoms with Crippen LogP contribution in [-0.2, 0) is 9.47 Å². The van der Waals surface area contributed by atoms with Crippen LogP contribution in [-0.4, -0.2) is 36.8 Å². The molecule has 1 aliphatic heterocycles. The number of rotatable bonds is 4. The van der Waals surface area contributed by atoms with Crippen molar-refractivity contribution in [3.63, 3.8) is 0 Å². The van der Waals surface area contributed by atoms with Gasteiger partial charge in [-0.3, -0.25) is 0 Å². The van der Waals surface area contributed by atoms with E-state index in [1.54, 1.807) is 6.07 Å². The zero-order chi connectivity index (χ0) is 13.8. The lowest BCUT2D eigenvalue weighted by molar-refractivity contribution is 0.0602. The first-order chi connectivity index (χ1) is 9.11. The number of nitrogens with one attached hydrogen (secondary N) is 1. The smallest absolute Gasteiger partial charge is 0.340 e. The fourth-order valence-corrected chi connectivity index (χ4v) is 2.15. The number of esters is 1. The van der Waals surface area contributed by atoms with Crippen molar-refractivity contribution >= 4 is 17.5 Å². The highest BCUT2D eigenvalue weighted by molar-refractivity contribution is 5.95. The number of nitrogen functional groups attached to an aromatic ring is 1. The molecular formula is C13H19N3O3. The Labute approximate surface area is 112 Å². The fourth-order valence-electron chi connectivity index (χ4n) is 2.15. The van der Waals surface area contributed by atoms with Gasteiger partial charge in [-0.15, -0.1) is 0 Å². The number of carbonyl (C=O) groups excluding carboxylic acids is 1. The second-order valence-corrected chi connectivity index (χ2v) is 4.63. The van der Waals surface area contributed by atoms with E-state index in [1.165, 1.54) is 13.3 Å². The second-order valence-electron chi connectivity index (χ2n) is 4.63. The molecule has 1 saturated heterocycles. The molecule has 1 aromatic rings. The lowest BCUT2D eigenvalue weighted by atomic mass is 10.1. The Hall–Kier alpha value is -1.82. The third-order valence-electron chi connectivity index (χ3n) is 3.24. The van der Waals surface area contributed by atoms with Crippen LogP contribution in [0.2, 0.25) is 0 Å². The van der Waals surface area contributed by atoms with Gasteiger partial charge in [-0.05, 0) is 25.8 Å². The molecule has 2 heterocycles. The highest BCUT2D eigenvalue weighted by Gasteiger charge is 2.23. The fraction of sp³-hybridized carbons (Fsp3) is 0.538. The molecule has 6 heteroatoms. The SMILES string of the molecule is COC(=O)c1cc(NC(C)C2CCCO2)ncc1N. The van der Waals surface area contributed by atoms with Crippen LogP contribution in [0.4, 0.5) is 11.5 Å². The van der Waals surface area contributed by atoms with Crippen molar-refractivity contribution < 1.29 is 14.3 Å². The molecule has 0 aromatic carbocycles. The van der Waals surface area contributed by atoms with E-state index < -0.39 is 5.97 Å². The van der Waals surface area contributed by atoms with Crippen molar-refractivity contribution in [3.8, 4) is 0 Å². The van der Waals surface area contributed by atoms with E-state index in [-0.39, 0.29) is 12.1 Å². The van der Waals surface area contributed by atoms with Gasteiger partial charge in [-0.1, -0.05) is 0 Å². The molecule has 19 heavy (non-hydrogen) atoms. The van der Waals surface area contributed by atoms with Crippen molar-refractivity contribution in [2.75, 3.05) is 24.8 Å². The maximum Gasteiger partial charge on any atom is 0.340 e. The summed E-state index contributed by atoms with van der Waals surface area (Å²) in [6.45, 7) is 2.84. The molecular weight excluding hydrogens is 246 g/mol. The van der Waals surface area contributed by atoms with E-state index in [9.17, 15) is 4.79 Å². The zero-order valence-electron chi connectivity index (χ0n) is 11.2. The van der Waals surface area contributed by atoms with Gasteiger partial charge in [0, 0.05) is 6.61 Å². The summed E-state index contributed by atoms with van der Waals surface area (Å²) in [4.78, 5) is 15.7. The van der Waals surface area contributed by atoms with Crippen LogP contribution in [0, 0.1) is 0 Å². The second kappa shape index (κ2) is 5.88. The molecule has 0 radical (unpaired) electrons. The van der Waals surface area contributed by atoms with Crippen LogP contribution in [0.1, 0.15) is 30.1 Å². The van der Waals surface area contributed by atoms with Gasteiger partial charge in [0.05, 0.1) is 36.7 Å². The van der Waals surface area contributed by atoms with Crippen LogP contribution in [0.5, 0.6) is 0 Å². The van der Waals surface area contributed by atoms with Crippen LogP contribution >= 0.6 is 0 Å². The molecule has 2 unspecified atom stereocenters. The van der Waals surface area contributed by atoms with Gasteiger partial charge in [0.1, 0.15) is 5.82 Å². The number of methoxy groups -OCH3 is 1. The number of carbonyl (C=O) groups is 1. The predicted molar refractivity (Wildman–Crippen MR) is 72.0 cm³/mol. The van der Waals surface area contributed by atoms with Gasteiger partial charge < -0.3 is 20.5 Å². The summed E-state index contributed by atoms with van der Waals surface area (Å²) < 4.78 is 10.3. The topological polar surface area (TPSA) is 86.5 Å². The molecule has 0 spiro atoms. The number of aromatic nitrogens is 1. The van der Waals surface area contributed by atoms with Crippen molar-refractivity contribution in [1.29, 1.82) is 0 Å². The number of ether oxygens (including phenoxy) is 2. The highest BCUT2D eigenvalue weighted by atomic mass is 16.5. The summed E-state index contributed by atoms with van der Waals surface area (Å²) in [6, 6.07) is 1.73. The number of nitrogens with two attached hydrogens (primary N) is 1. The van der Waals surface area contributed by atoms with Crippen LogP contribution in [0.25, 0.3) is 0 Å². The first kappa shape index (κ1) is 13.6. The van der Waals surface area contributed by atoms with Gasteiger partial charge in [-0.25, -0.2) is 9.78 Å². The van der Waals surface area contributed by atoms with E-state index in [4.69, 9.17) is 10.5 Å². The summed E-state index contributed by atoms with van der Waals surface area (Å²) in [5, 5.41) is 3.23. The Morgan fingerprint density at radius 2 is 2.47 bits per heavy atom. The lowest BCUT2D eigenvalue weighted by Gasteiger charge is -2.20. The van der Waals surface area contributed by atoms with Crippen LogP contribution < -0.4 is 11.1 Å². The Bertz CT molecular complexity index is 458. The largest absolute Gasteiger partial charge is 0.465 e. The first-order valence-corrected chi connectivity index (χ1v) is 6.33. The van der Waals surface area contributed by atoms with Crippen molar-refractivity contribution in [1.82, 2.24) is 4.98 Å². The monoisotopic (exact) mass is 265 g/mol. The van der Waals surface area contributed by atoms with E-state index in [2.05, 4.69) is 15.0 Å². The normalized spacial score (nSPS) is 20.0. The highest BCUT2D eigenvalue weighted by Crippen LogP contribution is 2.20. The molecule has 0 amide bonds. The summed E-state index contributed by atoms with van der Waals surface area (Å²) in [7, 11) is 1.32. The lowest BCUT2D eigenvalue weighted by Crippen LogP contribution is -2.30.